The predicted octanol–water partition coefficient (Wildman–Crippen LogP) is -1.47. The molecule has 0 amide bonds. The maximum absolute atomic E-state index is 12.5. The van der Waals surface area contributed by atoms with Crippen LogP contribution in [0.25, 0.3) is 0 Å². The Morgan fingerprint density at radius 1 is 1.36 bits per heavy atom. The zero-order chi connectivity index (χ0) is 20.3. The number of ether oxygens (including phenoxy) is 1. The number of hydrogen-bond acceptors (Lipinski definition) is 4. The van der Waals surface area contributed by atoms with Crippen LogP contribution in [0.1, 0.15) is 12.2 Å². The number of aromatic nitrogens is 2. The quantitative estimate of drug-likeness (QED) is 0.217. The summed E-state index contributed by atoms with van der Waals surface area (Å²) in [6, 6.07) is 0. The van der Waals surface area contributed by atoms with Gasteiger partial charge in [0.15, 0.2) is 0 Å². The van der Waals surface area contributed by atoms with Gasteiger partial charge in [0.25, 0.3) is 0 Å². The van der Waals surface area contributed by atoms with Gasteiger partial charge in [-0.3, -0.25) is 0 Å². The van der Waals surface area contributed by atoms with Gasteiger partial charge in [-0.2, -0.15) is 0 Å². The minimum Gasteiger partial charge on any atom is 1.00 e. The van der Waals surface area contributed by atoms with Crippen molar-refractivity contribution in [3.05, 3.63) is 88.0 Å². The van der Waals surface area contributed by atoms with Crippen molar-refractivity contribution in [1.29, 1.82) is 0 Å². The van der Waals surface area contributed by atoms with Gasteiger partial charge in [-0.05, 0) is 6.29 Å². The first-order valence-electron chi connectivity index (χ1n) is 7.40. The van der Waals surface area contributed by atoms with Crippen LogP contribution in [0, 0.1) is 13.8 Å². The molecule has 2 heterocycles. The molecule has 0 spiro atoms. The Morgan fingerprint density at radius 2 is 1.96 bits per heavy atom. The van der Waals surface area contributed by atoms with Crippen molar-refractivity contribution in [3.8, 4) is 5.75 Å². The summed E-state index contributed by atoms with van der Waals surface area (Å²) >= 11 is -0.348. The maximum Gasteiger partial charge on any atom is 1.00 e. The molecule has 0 saturated heterocycles. The van der Waals surface area contributed by atoms with Crippen LogP contribution in [-0.4, -0.2) is 16.3 Å². The number of rotatable bonds is 5. The molecule has 0 saturated carbocycles. The Balaban J connectivity index is 0.00000133. The topological polar surface area (TPSA) is 52.1 Å². The van der Waals surface area contributed by atoms with E-state index in [1.807, 2.05) is 20.3 Å². The summed E-state index contributed by atoms with van der Waals surface area (Å²) in [5.41, 5.74) is 1.70. The third kappa shape index (κ3) is 8.50. The first-order valence-corrected chi connectivity index (χ1v) is 9.89. The van der Waals surface area contributed by atoms with Crippen molar-refractivity contribution < 1.29 is 62.8 Å². The van der Waals surface area contributed by atoms with E-state index in [0.717, 1.165) is 29.6 Å². The second-order valence-corrected chi connectivity index (χ2v) is 6.70. The first kappa shape index (κ1) is 26.2. The van der Waals surface area contributed by atoms with Crippen LogP contribution >= 0.6 is 0 Å². The first-order chi connectivity index (χ1) is 12.9. The Bertz CT molecular complexity index is 764. The molecule has 1 aromatic heterocycles. The van der Waals surface area contributed by atoms with Gasteiger partial charge in [-0.25, -0.2) is 12.7 Å². The van der Waals surface area contributed by atoms with Crippen molar-refractivity contribution >= 4 is 6.29 Å². The molecule has 0 aromatic carbocycles. The molecule has 1 aromatic rings. The molecule has 28 heavy (non-hydrogen) atoms. The Morgan fingerprint density at radius 3 is 2.43 bits per heavy atom. The van der Waals surface area contributed by atoms with Gasteiger partial charge in [0, 0.05) is 0 Å². The normalized spacial score (nSPS) is 13.9. The monoisotopic (exact) mass is 495 g/mol. The molecule has 0 unspecified atom stereocenters. The molecule has 4 nitrogen and oxygen atoms in total. The van der Waals surface area contributed by atoms with E-state index in [1.54, 1.807) is 6.08 Å². The standard InChI is InChI=1S/C16H13F3IN2O.C3H3O.Li/c1-3-11(4-2)13-6-5-7-20-8-14(13)23-12-9-21-15(22-10-12)16(17,18)19;1-2-3-4;/h3,5-10H,1-2,4H2;2H,1H2;/q-3;-1;+1/b11-3+;;. The van der Waals surface area contributed by atoms with Crippen molar-refractivity contribution in [2.75, 3.05) is 0 Å². The van der Waals surface area contributed by atoms with E-state index in [4.69, 9.17) is 9.53 Å². The fourth-order valence-corrected chi connectivity index (χ4v) is 3.18. The van der Waals surface area contributed by atoms with Crippen LogP contribution in [0.3, 0.4) is 0 Å². The fourth-order valence-electron chi connectivity index (χ4n) is 1.74. The van der Waals surface area contributed by atoms with Gasteiger partial charge >= 0.3 is 162 Å². The summed E-state index contributed by atoms with van der Waals surface area (Å²) in [4.78, 5) is 15.5. The van der Waals surface area contributed by atoms with E-state index in [-0.39, 0.29) is 45.8 Å². The van der Waals surface area contributed by atoms with Crippen LogP contribution in [0.4, 0.5) is 13.2 Å². The van der Waals surface area contributed by atoms with E-state index in [0.29, 0.717) is 12.2 Å². The number of hydrogen-bond donors (Lipinski definition) is 0. The average Bonchev–Trinajstić information content (AvgIpc) is 2.88. The van der Waals surface area contributed by atoms with E-state index < -0.39 is 12.0 Å². The molecule has 0 radical (unpaired) electrons. The Labute approximate surface area is 184 Å². The summed E-state index contributed by atoms with van der Waals surface area (Å²) < 4.78 is 47.1. The van der Waals surface area contributed by atoms with Gasteiger partial charge in [0.05, 0.1) is 0 Å². The van der Waals surface area contributed by atoms with Crippen molar-refractivity contribution in [3.63, 3.8) is 0 Å². The number of halogens is 4. The average molecular weight is 495 g/mol. The second-order valence-electron chi connectivity index (χ2n) is 4.64. The summed E-state index contributed by atoms with van der Waals surface area (Å²) in [7, 11) is 0. The van der Waals surface area contributed by atoms with E-state index in [9.17, 15) is 13.2 Å². The maximum atomic E-state index is 12.5. The van der Waals surface area contributed by atoms with Crippen molar-refractivity contribution in [2.24, 2.45) is 0 Å². The largest absolute Gasteiger partial charge is 1.00 e. The number of alkyl halides is 3. The van der Waals surface area contributed by atoms with E-state index in [1.165, 1.54) is 6.29 Å². The van der Waals surface area contributed by atoms with Gasteiger partial charge in [-0.15, -0.1) is 0 Å². The van der Waals surface area contributed by atoms with Crippen molar-refractivity contribution in [1.82, 2.24) is 9.97 Å². The van der Waals surface area contributed by atoms with Gasteiger partial charge in [-0.1, -0.05) is 0 Å². The zero-order valence-corrected chi connectivity index (χ0v) is 17.3. The molecule has 1 aliphatic rings. The minimum atomic E-state index is -4.57. The fraction of sp³-hybridized carbons (Fsp3) is 0.105. The summed E-state index contributed by atoms with van der Waals surface area (Å²) in [5, 5.41) is 0. The SMILES string of the molecule is C=C[C-]=O.[CH2-]/C=C(\C[CH2-])C1=CC=C[I-]C=C1Oc1cnc(C(F)(F)F)nc1.[Li+]. The third-order valence-electron chi connectivity index (χ3n) is 2.89. The van der Waals surface area contributed by atoms with Crippen LogP contribution in [-0.2, 0) is 11.0 Å². The van der Waals surface area contributed by atoms with Crippen molar-refractivity contribution in [2.45, 2.75) is 12.6 Å². The Hall–Kier alpha value is -1.76. The minimum absolute atomic E-state index is 0. The zero-order valence-electron chi connectivity index (χ0n) is 15.2. The Kier molecular flexibility index (Phi) is 12.6. The second kappa shape index (κ2) is 13.4. The molecular formula is C19H16F3ILiN2O2-3. The molecule has 9 heteroatoms. The van der Waals surface area contributed by atoms with Crippen LogP contribution in [0.15, 0.2) is 68.3 Å². The molecule has 146 valence electrons. The van der Waals surface area contributed by atoms with Crippen LogP contribution < -0.4 is 44.8 Å². The number of carbonyl (C=O) groups excluding carboxylic acids is 1. The van der Waals surface area contributed by atoms with Crippen LogP contribution in [0.2, 0.25) is 0 Å². The molecular weight excluding hydrogens is 479 g/mol. The third-order valence-corrected chi connectivity index (χ3v) is 4.65. The molecule has 0 fully saturated rings. The molecule has 0 bridgehead atoms. The summed E-state index contributed by atoms with van der Waals surface area (Å²) in [6.45, 7) is 10.7. The smallest absolute Gasteiger partial charge is 1.00 e. The molecule has 0 N–H and O–H groups in total. The molecule has 2 rings (SSSR count). The summed E-state index contributed by atoms with van der Waals surface area (Å²) in [6.07, 6.45) is 6.00. The molecule has 0 aliphatic carbocycles. The van der Waals surface area contributed by atoms with Gasteiger partial charge in [0.1, 0.15) is 0 Å². The van der Waals surface area contributed by atoms with Crippen LogP contribution in [0.5, 0.6) is 5.75 Å². The molecule has 0 atom stereocenters. The molecule has 1 aliphatic heterocycles. The predicted molar refractivity (Wildman–Crippen MR) is 92.3 cm³/mol. The van der Waals surface area contributed by atoms with E-state index >= 15 is 0 Å². The summed E-state index contributed by atoms with van der Waals surface area (Å²) in [5.74, 6) is -0.487. The van der Waals surface area contributed by atoms with Gasteiger partial charge < -0.3 is 4.79 Å². The number of allylic oxidation sites excluding steroid dienone is 5. The van der Waals surface area contributed by atoms with E-state index in [2.05, 4.69) is 30.4 Å². The number of nitrogens with zero attached hydrogens (tertiary/aromatic N) is 2. The van der Waals surface area contributed by atoms with Gasteiger partial charge in [0.2, 0.25) is 0 Å².